The molecule has 1 aliphatic heterocycles. The van der Waals surface area contributed by atoms with E-state index >= 15 is 0 Å². The Bertz CT molecular complexity index is 934. The van der Waals surface area contributed by atoms with Crippen LogP contribution < -0.4 is 10.1 Å². The predicted molar refractivity (Wildman–Crippen MR) is 80.8 cm³/mol. The van der Waals surface area contributed by atoms with E-state index in [9.17, 15) is 13.6 Å². The molecule has 0 saturated heterocycles. The molecule has 3 aromatic rings. The second kappa shape index (κ2) is 5.08. The third-order valence-corrected chi connectivity index (χ3v) is 3.93. The zero-order chi connectivity index (χ0) is 16.0. The zero-order valence-electron chi connectivity index (χ0n) is 12.0. The van der Waals surface area contributed by atoms with Gasteiger partial charge in [-0.15, -0.1) is 0 Å². The molecule has 1 amide bonds. The summed E-state index contributed by atoms with van der Waals surface area (Å²) in [7, 11) is 0. The Morgan fingerprint density at radius 3 is 2.87 bits per heavy atom. The molecule has 2 heterocycles. The standard InChI is InChI=1S/C17H12F2N2O2/c18-13-8-14-11(4-6-20-14)15(19)16(13)23-10-2-1-9-3-5-21-17(22)12(9)7-10/h1-2,4,6-8,20H,3,5H2,(H,21,22). The predicted octanol–water partition coefficient (Wildman–Crippen LogP) is 3.52. The van der Waals surface area contributed by atoms with Gasteiger partial charge in [-0.3, -0.25) is 4.79 Å². The molecule has 2 N–H and O–H groups in total. The summed E-state index contributed by atoms with van der Waals surface area (Å²) in [6.45, 7) is 0.583. The lowest BCUT2D eigenvalue weighted by Crippen LogP contribution is -2.31. The molecule has 6 heteroatoms. The second-order valence-corrected chi connectivity index (χ2v) is 5.37. The monoisotopic (exact) mass is 314 g/mol. The van der Waals surface area contributed by atoms with E-state index in [4.69, 9.17) is 4.74 Å². The van der Waals surface area contributed by atoms with Crippen LogP contribution in [-0.4, -0.2) is 17.4 Å². The van der Waals surface area contributed by atoms with Gasteiger partial charge in [0.05, 0.1) is 5.52 Å². The molecule has 1 aromatic heterocycles. The number of amides is 1. The van der Waals surface area contributed by atoms with Gasteiger partial charge in [0.2, 0.25) is 0 Å². The summed E-state index contributed by atoms with van der Waals surface area (Å²) in [6, 6.07) is 7.55. The van der Waals surface area contributed by atoms with Crippen LogP contribution in [0.2, 0.25) is 0 Å². The molecular formula is C17H12F2N2O2. The number of halogens is 2. The van der Waals surface area contributed by atoms with Crippen LogP contribution in [0.25, 0.3) is 10.9 Å². The number of nitrogens with one attached hydrogen (secondary N) is 2. The van der Waals surface area contributed by atoms with Crippen LogP contribution in [0, 0.1) is 11.6 Å². The number of hydrogen-bond donors (Lipinski definition) is 2. The molecule has 1 aliphatic rings. The molecule has 0 aliphatic carbocycles. The number of hydrogen-bond acceptors (Lipinski definition) is 2. The number of benzene rings is 2. The molecule has 0 spiro atoms. The van der Waals surface area contributed by atoms with Crippen molar-refractivity contribution in [2.45, 2.75) is 6.42 Å². The highest BCUT2D eigenvalue weighted by atomic mass is 19.1. The average Bonchev–Trinajstić information content (AvgIpc) is 3.00. The smallest absolute Gasteiger partial charge is 0.251 e. The topological polar surface area (TPSA) is 54.1 Å². The van der Waals surface area contributed by atoms with Gasteiger partial charge in [0.1, 0.15) is 5.75 Å². The highest BCUT2D eigenvalue weighted by Crippen LogP contribution is 2.33. The molecule has 0 unspecified atom stereocenters. The Morgan fingerprint density at radius 1 is 1.13 bits per heavy atom. The molecule has 0 saturated carbocycles. The highest BCUT2D eigenvalue weighted by Gasteiger charge is 2.20. The van der Waals surface area contributed by atoms with Gasteiger partial charge in [0.25, 0.3) is 5.91 Å². The lowest BCUT2D eigenvalue weighted by atomic mass is 10.0. The summed E-state index contributed by atoms with van der Waals surface area (Å²) in [4.78, 5) is 14.6. The van der Waals surface area contributed by atoms with Crippen molar-refractivity contribution in [3.8, 4) is 11.5 Å². The van der Waals surface area contributed by atoms with Crippen LogP contribution in [-0.2, 0) is 6.42 Å². The molecule has 4 nitrogen and oxygen atoms in total. The van der Waals surface area contributed by atoms with Gasteiger partial charge in [-0.25, -0.2) is 8.78 Å². The number of carbonyl (C=O) groups is 1. The van der Waals surface area contributed by atoms with Gasteiger partial charge >= 0.3 is 0 Å². The Morgan fingerprint density at radius 2 is 2.00 bits per heavy atom. The minimum atomic E-state index is -0.806. The molecule has 0 radical (unpaired) electrons. The SMILES string of the molecule is O=C1NCCc2ccc(Oc3c(F)cc4[nH]ccc4c3F)cc21. The third-order valence-electron chi connectivity index (χ3n) is 3.93. The fourth-order valence-corrected chi connectivity index (χ4v) is 2.78. The number of carbonyl (C=O) groups excluding carboxylic acids is 1. The normalized spacial score (nSPS) is 13.7. The Kier molecular flexibility index (Phi) is 3.04. The van der Waals surface area contributed by atoms with E-state index in [2.05, 4.69) is 10.3 Å². The van der Waals surface area contributed by atoms with Gasteiger partial charge in [0, 0.05) is 29.8 Å². The highest BCUT2D eigenvalue weighted by molar-refractivity contribution is 5.97. The summed E-state index contributed by atoms with van der Waals surface area (Å²) in [6.07, 6.45) is 2.25. The van der Waals surface area contributed by atoms with Crippen molar-refractivity contribution in [1.82, 2.24) is 10.3 Å². The van der Waals surface area contributed by atoms with Crippen LogP contribution in [0.5, 0.6) is 11.5 Å². The lowest BCUT2D eigenvalue weighted by molar-refractivity contribution is 0.0945. The molecule has 4 rings (SSSR count). The molecule has 116 valence electrons. The van der Waals surface area contributed by atoms with Crippen LogP contribution in [0.1, 0.15) is 15.9 Å². The summed E-state index contributed by atoms with van der Waals surface area (Å²) in [5.74, 6) is -2.05. The third kappa shape index (κ3) is 2.23. The minimum absolute atomic E-state index is 0.210. The zero-order valence-corrected chi connectivity index (χ0v) is 12.0. The van der Waals surface area contributed by atoms with Crippen molar-refractivity contribution < 1.29 is 18.3 Å². The molecule has 0 atom stereocenters. The number of rotatable bonds is 2. The first-order valence-electron chi connectivity index (χ1n) is 7.17. The number of aromatic nitrogens is 1. The van der Waals surface area contributed by atoms with E-state index in [1.54, 1.807) is 12.1 Å². The maximum Gasteiger partial charge on any atom is 0.251 e. The average molecular weight is 314 g/mol. The van der Waals surface area contributed by atoms with Gasteiger partial charge in [0.15, 0.2) is 17.4 Å². The molecule has 23 heavy (non-hydrogen) atoms. The summed E-state index contributed by atoms with van der Waals surface area (Å²) < 4.78 is 33.9. The number of aromatic amines is 1. The molecular weight excluding hydrogens is 302 g/mol. The van der Waals surface area contributed by atoms with Gasteiger partial charge in [-0.05, 0) is 30.2 Å². The van der Waals surface area contributed by atoms with Gasteiger partial charge in [-0.2, -0.15) is 0 Å². The first-order valence-corrected chi connectivity index (χ1v) is 7.17. The Labute approximate surface area is 130 Å². The van der Waals surface area contributed by atoms with Crippen molar-refractivity contribution in [2.24, 2.45) is 0 Å². The first-order chi connectivity index (χ1) is 11.1. The maximum atomic E-state index is 14.4. The van der Waals surface area contributed by atoms with E-state index in [1.165, 1.54) is 24.4 Å². The molecule has 0 fully saturated rings. The van der Waals surface area contributed by atoms with Crippen LogP contribution in [0.15, 0.2) is 36.5 Å². The Hall–Kier alpha value is -2.89. The lowest BCUT2D eigenvalue weighted by Gasteiger charge is -2.17. The van der Waals surface area contributed by atoms with Crippen LogP contribution in [0.3, 0.4) is 0 Å². The maximum absolute atomic E-state index is 14.4. The van der Waals surface area contributed by atoms with E-state index in [0.717, 1.165) is 12.0 Å². The van der Waals surface area contributed by atoms with Crippen molar-refractivity contribution in [2.75, 3.05) is 6.54 Å². The Balaban J connectivity index is 1.76. The fraction of sp³-hybridized carbons (Fsp3) is 0.118. The van der Waals surface area contributed by atoms with E-state index in [1.807, 2.05) is 0 Å². The first kappa shape index (κ1) is 13.8. The molecule has 0 bridgehead atoms. The van der Waals surface area contributed by atoms with Crippen LogP contribution in [0.4, 0.5) is 8.78 Å². The summed E-state index contributed by atoms with van der Waals surface area (Å²) >= 11 is 0. The van der Waals surface area contributed by atoms with Crippen molar-refractivity contribution in [1.29, 1.82) is 0 Å². The van der Waals surface area contributed by atoms with Crippen molar-refractivity contribution in [3.63, 3.8) is 0 Å². The second-order valence-electron chi connectivity index (χ2n) is 5.37. The number of H-pyrrole nitrogens is 1. The minimum Gasteiger partial charge on any atom is -0.451 e. The van der Waals surface area contributed by atoms with E-state index < -0.39 is 17.4 Å². The van der Waals surface area contributed by atoms with E-state index in [0.29, 0.717) is 17.6 Å². The van der Waals surface area contributed by atoms with Gasteiger partial charge in [-0.1, -0.05) is 6.07 Å². The molecule has 2 aromatic carbocycles. The summed E-state index contributed by atoms with van der Waals surface area (Å²) in [5, 5.41) is 2.97. The summed E-state index contributed by atoms with van der Waals surface area (Å²) in [5.41, 5.74) is 1.72. The van der Waals surface area contributed by atoms with E-state index in [-0.39, 0.29) is 17.0 Å². The van der Waals surface area contributed by atoms with Crippen molar-refractivity contribution >= 4 is 16.8 Å². The number of fused-ring (bicyclic) bond motifs is 2. The van der Waals surface area contributed by atoms with Crippen LogP contribution >= 0.6 is 0 Å². The quantitative estimate of drug-likeness (QED) is 0.760. The number of ether oxygens (including phenoxy) is 1. The van der Waals surface area contributed by atoms with Crippen molar-refractivity contribution in [3.05, 3.63) is 59.3 Å². The largest absolute Gasteiger partial charge is 0.451 e. The van der Waals surface area contributed by atoms with Gasteiger partial charge < -0.3 is 15.0 Å². The fourth-order valence-electron chi connectivity index (χ4n) is 2.78.